The second-order valence-electron chi connectivity index (χ2n) is 4.29. The number of esters is 1. The quantitative estimate of drug-likeness (QED) is 0.602. The molecule has 1 N–H and O–H groups in total. The predicted octanol–water partition coefficient (Wildman–Crippen LogP) is -0.280. The van der Waals surface area contributed by atoms with Crippen LogP contribution in [0.25, 0.3) is 0 Å². The molecule has 2 aliphatic carbocycles. The highest BCUT2D eigenvalue weighted by Crippen LogP contribution is 2.48. The first-order chi connectivity index (χ1) is 7.96. The second-order valence-corrected chi connectivity index (χ2v) is 4.70. The Bertz CT molecular complexity index is 520. The first-order valence-electron chi connectivity index (χ1n) is 5.03. The molecule has 0 aromatic carbocycles. The SMILES string of the molecule is O=C1C=CC(=O)C2C1C1C=C(Cl)C2(O)C(=O)O1. The van der Waals surface area contributed by atoms with E-state index < -0.39 is 35.3 Å². The Kier molecular flexibility index (Phi) is 1.92. The number of rotatable bonds is 0. The van der Waals surface area contributed by atoms with E-state index >= 15 is 0 Å². The van der Waals surface area contributed by atoms with Crippen LogP contribution in [-0.2, 0) is 19.1 Å². The standard InChI is InChI=1S/C11H7ClO5/c12-7-3-6-8-4(13)1-2-5(14)9(8)11(7,16)10(15)17-6/h1-3,6,8-9,16H. The highest BCUT2D eigenvalue weighted by Gasteiger charge is 2.65. The minimum absolute atomic E-state index is 0.142. The highest BCUT2D eigenvalue weighted by atomic mass is 35.5. The Morgan fingerprint density at radius 2 is 1.88 bits per heavy atom. The lowest BCUT2D eigenvalue weighted by molar-refractivity contribution is -0.196. The Balaban J connectivity index is 2.23. The number of allylic oxidation sites excluding steroid dienone is 2. The molecule has 0 aromatic heterocycles. The second kappa shape index (κ2) is 3.05. The van der Waals surface area contributed by atoms with Crippen molar-refractivity contribution in [2.75, 3.05) is 0 Å². The predicted molar refractivity (Wildman–Crippen MR) is 54.9 cm³/mol. The van der Waals surface area contributed by atoms with Crippen LogP contribution in [0, 0.1) is 11.8 Å². The van der Waals surface area contributed by atoms with Crippen molar-refractivity contribution < 1.29 is 24.2 Å². The highest BCUT2D eigenvalue weighted by molar-refractivity contribution is 6.34. The number of halogens is 1. The van der Waals surface area contributed by atoms with Gasteiger partial charge in [0.25, 0.3) is 0 Å². The van der Waals surface area contributed by atoms with Gasteiger partial charge in [0, 0.05) is 0 Å². The molecule has 0 amide bonds. The Morgan fingerprint density at radius 3 is 2.53 bits per heavy atom. The Morgan fingerprint density at radius 1 is 1.24 bits per heavy atom. The van der Waals surface area contributed by atoms with E-state index in [2.05, 4.69) is 0 Å². The van der Waals surface area contributed by atoms with Gasteiger partial charge in [0.15, 0.2) is 11.6 Å². The zero-order chi connectivity index (χ0) is 12.4. The first kappa shape index (κ1) is 10.7. The molecule has 17 heavy (non-hydrogen) atoms. The maximum atomic E-state index is 11.8. The summed E-state index contributed by atoms with van der Waals surface area (Å²) in [6.45, 7) is 0. The molecule has 2 aliphatic heterocycles. The number of carbonyl (C=O) groups excluding carboxylic acids is 3. The van der Waals surface area contributed by atoms with Gasteiger partial charge < -0.3 is 9.84 Å². The zero-order valence-corrected chi connectivity index (χ0v) is 9.18. The van der Waals surface area contributed by atoms with Gasteiger partial charge >= 0.3 is 5.97 Å². The van der Waals surface area contributed by atoms with E-state index in [1.807, 2.05) is 0 Å². The van der Waals surface area contributed by atoms with E-state index in [1.165, 1.54) is 6.08 Å². The van der Waals surface area contributed by atoms with Crippen LogP contribution in [0.2, 0.25) is 0 Å². The lowest BCUT2D eigenvalue weighted by Crippen LogP contribution is -2.65. The lowest BCUT2D eigenvalue weighted by Gasteiger charge is -2.48. The van der Waals surface area contributed by atoms with Crippen LogP contribution in [-0.4, -0.2) is 34.3 Å². The van der Waals surface area contributed by atoms with Gasteiger partial charge in [-0.25, -0.2) is 4.79 Å². The van der Waals surface area contributed by atoms with Gasteiger partial charge in [0.05, 0.1) is 16.9 Å². The molecule has 2 heterocycles. The van der Waals surface area contributed by atoms with Gasteiger partial charge in [0.2, 0.25) is 5.60 Å². The van der Waals surface area contributed by atoms with Crippen LogP contribution in [0.3, 0.4) is 0 Å². The van der Waals surface area contributed by atoms with E-state index in [0.29, 0.717) is 0 Å². The maximum Gasteiger partial charge on any atom is 0.345 e. The average molecular weight is 255 g/mol. The molecule has 1 saturated heterocycles. The zero-order valence-electron chi connectivity index (χ0n) is 8.42. The summed E-state index contributed by atoms with van der Waals surface area (Å²) in [5, 5.41) is 10.1. The van der Waals surface area contributed by atoms with Crippen LogP contribution in [0.5, 0.6) is 0 Å². The number of hydrogen-bond acceptors (Lipinski definition) is 5. The third-order valence-electron chi connectivity index (χ3n) is 3.44. The van der Waals surface area contributed by atoms with Crippen LogP contribution >= 0.6 is 11.6 Å². The number of carbonyl (C=O) groups is 3. The number of fused-ring (bicyclic) bond motifs is 1. The molecular formula is C11H7ClO5. The number of ether oxygens (including phenoxy) is 1. The summed E-state index contributed by atoms with van der Waals surface area (Å²) in [5.41, 5.74) is -2.21. The van der Waals surface area contributed by atoms with E-state index in [0.717, 1.165) is 12.2 Å². The molecule has 4 unspecified atom stereocenters. The van der Waals surface area contributed by atoms with Crippen molar-refractivity contribution in [2.45, 2.75) is 11.7 Å². The fraction of sp³-hybridized carbons (Fsp3) is 0.364. The summed E-state index contributed by atoms with van der Waals surface area (Å²) in [7, 11) is 0. The third-order valence-corrected chi connectivity index (χ3v) is 3.85. The summed E-state index contributed by atoms with van der Waals surface area (Å²) in [6, 6.07) is 0. The fourth-order valence-corrected chi connectivity index (χ4v) is 2.93. The monoisotopic (exact) mass is 254 g/mol. The van der Waals surface area contributed by atoms with E-state index in [4.69, 9.17) is 16.3 Å². The number of hydrogen-bond donors (Lipinski definition) is 1. The van der Waals surface area contributed by atoms with Crippen LogP contribution < -0.4 is 0 Å². The average Bonchev–Trinajstić information content (AvgIpc) is 2.27. The van der Waals surface area contributed by atoms with Crippen molar-refractivity contribution in [3.8, 4) is 0 Å². The first-order valence-corrected chi connectivity index (χ1v) is 5.41. The van der Waals surface area contributed by atoms with Gasteiger partial charge in [-0.3, -0.25) is 9.59 Å². The van der Waals surface area contributed by atoms with Gasteiger partial charge in [0.1, 0.15) is 6.10 Å². The fourth-order valence-electron chi connectivity index (χ4n) is 2.61. The van der Waals surface area contributed by atoms with Crippen molar-refractivity contribution >= 4 is 29.1 Å². The van der Waals surface area contributed by atoms with E-state index in [1.54, 1.807) is 0 Å². The molecule has 88 valence electrons. The minimum atomic E-state index is -2.21. The largest absolute Gasteiger partial charge is 0.455 e. The molecule has 4 atom stereocenters. The van der Waals surface area contributed by atoms with Crippen LogP contribution in [0.4, 0.5) is 0 Å². The molecule has 0 saturated carbocycles. The Labute approximate surface area is 101 Å². The molecule has 0 spiro atoms. The van der Waals surface area contributed by atoms with Gasteiger partial charge in [-0.2, -0.15) is 0 Å². The number of ketones is 2. The molecule has 2 bridgehead atoms. The van der Waals surface area contributed by atoms with Crippen molar-refractivity contribution in [3.05, 3.63) is 23.3 Å². The van der Waals surface area contributed by atoms with Crippen LogP contribution in [0.1, 0.15) is 0 Å². The van der Waals surface area contributed by atoms with Crippen molar-refractivity contribution in [1.29, 1.82) is 0 Å². The summed E-state index contributed by atoms with van der Waals surface area (Å²) < 4.78 is 4.89. The topological polar surface area (TPSA) is 80.7 Å². The third kappa shape index (κ3) is 1.10. The molecule has 4 rings (SSSR count). The van der Waals surface area contributed by atoms with Crippen molar-refractivity contribution in [3.63, 3.8) is 0 Å². The molecule has 5 nitrogen and oxygen atoms in total. The summed E-state index contributed by atoms with van der Waals surface area (Å²) in [4.78, 5) is 35.1. The van der Waals surface area contributed by atoms with Gasteiger partial charge in [-0.1, -0.05) is 11.6 Å². The van der Waals surface area contributed by atoms with E-state index in [9.17, 15) is 19.5 Å². The summed E-state index contributed by atoms with van der Waals surface area (Å²) in [6.07, 6.45) is 2.66. The van der Waals surface area contributed by atoms with Crippen molar-refractivity contribution in [1.82, 2.24) is 0 Å². The molecular weight excluding hydrogens is 248 g/mol. The summed E-state index contributed by atoms with van der Waals surface area (Å²) >= 11 is 5.80. The smallest absolute Gasteiger partial charge is 0.345 e. The number of aliphatic hydroxyl groups is 1. The molecule has 6 heteroatoms. The van der Waals surface area contributed by atoms with Gasteiger partial charge in [-0.05, 0) is 18.2 Å². The minimum Gasteiger partial charge on any atom is -0.455 e. The molecule has 1 fully saturated rings. The van der Waals surface area contributed by atoms with Gasteiger partial charge in [-0.15, -0.1) is 0 Å². The lowest BCUT2D eigenvalue weighted by atomic mass is 9.63. The Hall–Kier alpha value is -1.46. The molecule has 0 radical (unpaired) electrons. The molecule has 0 aromatic rings. The van der Waals surface area contributed by atoms with Crippen molar-refractivity contribution in [2.24, 2.45) is 11.8 Å². The van der Waals surface area contributed by atoms with E-state index in [-0.39, 0.29) is 10.8 Å². The molecule has 4 aliphatic rings. The maximum absolute atomic E-state index is 11.8. The summed E-state index contributed by atoms with van der Waals surface area (Å²) in [5.74, 6) is -3.81. The van der Waals surface area contributed by atoms with Crippen LogP contribution in [0.15, 0.2) is 23.3 Å². The normalized spacial score (nSPS) is 43.3.